The zero-order valence-corrected chi connectivity index (χ0v) is 16.0. The number of guanidine groups is 1. The first-order chi connectivity index (χ1) is 11.3. The highest BCUT2D eigenvalue weighted by Crippen LogP contribution is 2.14. The van der Waals surface area contributed by atoms with Crippen molar-refractivity contribution in [3.05, 3.63) is 34.9 Å². The monoisotopic (exact) mass is 351 g/mol. The molecule has 2 aromatic rings. The van der Waals surface area contributed by atoms with E-state index in [0.29, 0.717) is 6.54 Å². The molecule has 0 aliphatic heterocycles. The summed E-state index contributed by atoms with van der Waals surface area (Å²) in [5.41, 5.74) is 2.22. The molecule has 0 bridgehead atoms. The van der Waals surface area contributed by atoms with Crippen molar-refractivity contribution >= 4 is 23.5 Å². The Morgan fingerprint density at radius 1 is 1.29 bits per heavy atom. The fourth-order valence-corrected chi connectivity index (χ4v) is 2.88. The maximum Gasteiger partial charge on any atom is 0.204 e. The average Bonchev–Trinajstić information content (AvgIpc) is 3.02. The molecule has 0 aliphatic rings. The van der Waals surface area contributed by atoms with E-state index in [1.807, 2.05) is 63.2 Å². The van der Waals surface area contributed by atoms with Gasteiger partial charge in [0.15, 0.2) is 5.96 Å². The van der Waals surface area contributed by atoms with Crippen molar-refractivity contribution in [2.24, 2.45) is 19.1 Å². The maximum atomic E-state index is 6.05. The molecule has 8 heteroatoms. The van der Waals surface area contributed by atoms with Gasteiger partial charge < -0.3 is 24.3 Å². The summed E-state index contributed by atoms with van der Waals surface area (Å²) in [6, 6.07) is 1.97. The Morgan fingerprint density at radius 2 is 2.00 bits per heavy atom. The number of nitrogens with one attached hydrogen (secondary N) is 1. The Balaban J connectivity index is 2.00. The zero-order chi connectivity index (χ0) is 17.9. The molecule has 24 heavy (non-hydrogen) atoms. The van der Waals surface area contributed by atoms with Crippen LogP contribution in [0.3, 0.4) is 0 Å². The van der Waals surface area contributed by atoms with E-state index in [0.717, 1.165) is 34.9 Å². The van der Waals surface area contributed by atoms with Gasteiger partial charge in [-0.1, -0.05) is 11.6 Å². The van der Waals surface area contributed by atoms with Crippen LogP contribution in [0.2, 0.25) is 5.02 Å². The zero-order valence-electron chi connectivity index (χ0n) is 15.2. The first-order valence-corrected chi connectivity index (χ1v) is 8.11. The quantitative estimate of drug-likeness (QED) is 0.658. The second-order valence-corrected chi connectivity index (χ2v) is 6.46. The molecule has 2 aromatic heterocycles. The van der Waals surface area contributed by atoms with Crippen molar-refractivity contribution in [2.45, 2.75) is 13.1 Å². The lowest BCUT2D eigenvalue weighted by Crippen LogP contribution is -2.38. The number of nitrogens with zero attached hydrogens (tertiary/aromatic N) is 6. The van der Waals surface area contributed by atoms with Gasteiger partial charge in [-0.25, -0.2) is 4.98 Å². The van der Waals surface area contributed by atoms with E-state index in [9.17, 15) is 0 Å². The number of rotatable bonds is 5. The number of aryl methyl sites for hydroxylation is 1. The fraction of sp³-hybridized carbons (Fsp3) is 0.500. The van der Waals surface area contributed by atoms with Crippen molar-refractivity contribution in [1.29, 1.82) is 0 Å². The molecule has 132 valence electrons. The van der Waals surface area contributed by atoms with Crippen LogP contribution in [0, 0.1) is 0 Å². The van der Waals surface area contributed by atoms with Crippen molar-refractivity contribution in [3.8, 4) is 0 Å². The van der Waals surface area contributed by atoms with Gasteiger partial charge in [-0.15, -0.1) is 0 Å². The third-order valence-corrected chi connectivity index (χ3v) is 4.14. The van der Waals surface area contributed by atoms with E-state index < -0.39 is 0 Å². The molecule has 0 unspecified atom stereocenters. The molecule has 2 rings (SSSR count). The minimum Gasteiger partial charge on any atom is -0.351 e. The summed E-state index contributed by atoms with van der Waals surface area (Å²) in [6.45, 7) is 1.37. The third-order valence-electron chi connectivity index (χ3n) is 3.93. The van der Waals surface area contributed by atoms with Crippen LogP contribution in [-0.2, 0) is 27.2 Å². The standard InChI is InChI=1S/C16H26ClN7/c1-18-15(23(5)11-13-7-12(17)10-22(13)4)19-8-14-9-20-16(21(2)3)24(14)6/h7,9-10H,8,11H2,1-6H3,(H,18,19). The minimum atomic E-state index is 0.655. The normalized spacial score (nSPS) is 11.7. The number of aliphatic imine (C=N–C) groups is 1. The lowest BCUT2D eigenvalue weighted by Gasteiger charge is -2.22. The second kappa shape index (κ2) is 7.61. The van der Waals surface area contributed by atoms with E-state index in [4.69, 9.17) is 11.6 Å². The largest absolute Gasteiger partial charge is 0.351 e. The van der Waals surface area contributed by atoms with E-state index in [2.05, 4.69) is 24.8 Å². The SMILES string of the molecule is CN=C(NCc1cnc(N(C)C)n1C)N(C)Cc1cc(Cl)cn1C. The summed E-state index contributed by atoms with van der Waals surface area (Å²) in [7, 11) is 11.8. The fourth-order valence-electron chi connectivity index (χ4n) is 2.61. The summed E-state index contributed by atoms with van der Waals surface area (Å²) in [5.74, 6) is 1.74. The summed E-state index contributed by atoms with van der Waals surface area (Å²) in [6.07, 6.45) is 3.78. The first-order valence-electron chi connectivity index (χ1n) is 7.74. The molecule has 0 aromatic carbocycles. The predicted octanol–water partition coefficient (Wildman–Crippen LogP) is 1.69. The molecular weight excluding hydrogens is 326 g/mol. The van der Waals surface area contributed by atoms with Crippen molar-refractivity contribution < 1.29 is 0 Å². The number of aromatic nitrogens is 3. The highest BCUT2D eigenvalue weighted by atomic mass is 35.5. The molecule has 0 fully saturated rings. The molecule has 0 saturated carbocycles. The molecule has 1 N–H and O–H groups in total. The van der Waals surface area contributed by atoms with Gasteiger partial charge in [-0.3, -0.25) is 4.99 Å². The van der Waals surface area contributed by atoms with Gasteiger partial charge in [-0.05, 0) is 6.07 Å². The highest BCUT2D eigenvalue weighted by Gasteiger charge is 2.12. The maximum absolute atomic E-state index is 6.05. The summed E-state index contributed by atoms with van der Waals surface area (Å²) >= 11 is 6.05. The van der Waals surface area contributed by atoms with E-state index in [1.165, 1.54) is 0 Å². The molecular formula is C16H26ClN7. The second-order valence-electron chi connectivity index (χ2n) is 6.02. The van der Waals surface area contributed by atoms with Gasteiger partial charge >= 0.3 is 0 Å². The Bertz CT molecular complexity index is 714. The van der Waals surface area contributed by atoms with Crippen LogP contribution in [0.4, 0.5) is 5.95 Å². The molecule has 0 saturated heterocycles. The van der Waals surface area contributed by atoms with Gasteiger partial charge in [-0.2, -0.15) is 0 Å². The van der Waals surface area contributed by atoms with E-state index >= 15 is 0 Å². The Labute approximate surface area is 148 Å². The van der Waals surface area contributed by atoms with Crippen molar-refractivity contribution in [1.82, 2.24) is 24.3 Å². The molecule has 7 nitrogen and oxygen atoms in total. The topological polar surface area (TPSA) is 53.6 Å². The summed E-state index contributed by atoms with van der Waals surface area (Å²) in [5, 5.41) is 4.12. The van der Waals surface area contributed by atoms with Gasteiger partial charge in [0.05, 0.1) is 30.0 Å². The van der Waals surface area contributed by atoms with Crippen molar-refractivity contribution in [3.63, 3.8) is 0 Å². The highest BCUT2D eigenvalue weighted by molar-refractivity contribution is 6.30. The lowest BCUT2D eigenvalue weighted by atomic mass is 10.4. The lowest BCUT2D eigenvalue weighted by molar-refractivity contribution is 0.460. The number of anilines is 1. The van der Waals surface area contributed by atoms with Crippen molar-refractivity contribution in [2.75, 3.05) is 33.1 Å². The van der Waals surface area contributed by atoms with Crippen LogP contribution >= 0.6 is 11.6 Å². The molecule has 0 amide bonds. The first kappa shape index (κ1) is 18.2. The Kier molecular flexibility index (Phi) is 5.77. The van der Waals surface area contributed by atoms with Crippen LogP contribution in [0.15, 0.2) is 23.5 Å². The third kappa shape index (κ3) is 4.03. The molecule has 0 aliphatic carbocycles. The number of halogens is 1. The van der Waals surface area contributed by atoms with Crippen LogP contribution in [0.5, 0.6) is 0 Å². The molecule has 0 radical (unpaired) electrons. The number of hydrogen-bond donors (Lipinski definition) is 1. The predicted molar refractivity (Wildman–Crippen MR) is 99.6 cm³/mol. The van der Waals surface area contributed by atoms with Gasteiger partial charge in [0.2, 0.25) is 5.95 Å². The smallest absolute Gasteiger partial charge is 0.204 e. The molecule has 2 heterocycles. The molecule has 0 spiro atoms. The van der Waals surface area contributed by atoms with Gasteiger partial charge in [0, 0.05) is 54.2 Å². The minimum absolute atomic E-state index is 0.655. The molecule has 0 atom stereocenters. The van der Waals surface area contributed by atoms with Crippen LogP contribution < -0.4 is 10.2 Å². The summed E-state index contributed by atoms with van der Waals surface area (Å²) in [4.78, 5) is 12.8. The van der Waals surface area contributed by atoms with Crippen LogP contribution in [0.25, 0.3) is 0 Å². The average molecular weight is 352 g/mol. The van der Waals surface area contributed by atoms with Crippen LogP contribution in [-0.4, -0.2) is 53.2 Å². The van der Waals surface area contributed by atoms with Gasteiger partial charge in [0.1, 0.15) is 0 Å². The summed E-state index contributed by atoms with van der Waals surface area (Å²) < 4.78 is 4.09. The van der Waals surface area contributed by atoms with Gasteiger partial charge in [0.25, 0.3) is 0 Å². The number of hydrogen-bond acceptors (Lipinski definition) is 3. The Hall–Kier alpha value is -2.15. The number of imidazole rings is 1. The van der Waals surface area contributed by atoms with E-state index in [-0.39, 0.29) is 0 Å². The van der Waals surface area contributed by atoms with E-state index in [1.54, 1.807) is 7.05 Å². The Morgan fingerprint density at radius 3 is 2.50 bits per heavy atom. The van der Waals surface area contributed by atoms with Crippen LogP contribution in [0.1, 0.15) is 11.4 Å².